The quantitative estimate of drug-likeness (QED) is 0.213. The second kappa shape index (κ2) is 21.6. The van der Waals surface area contributed by atoms with Crippen LogP contribution in [0, 0.1) is 0 Å². The molecule has 146 valence electrons. The summed E-state index contributed by atoms with van der Waals surface area (Å²) in [5.41, 5.74) is 0. The summed E-state index contributed by atoms with van der Waals surface area (Å²) >= 11 is 0. The van der Waals surface area contributed by atoms with E-state index in [0.29, 0.717) is 6.42 Å². The number of rotatable bonds is 17. The average molecular weight is 392 g/mol. The summed E-state index contributed by atoms with van der Waals surface area (Å²) < 4.78 is 0. The van der Waals surface area contributed by atoms with Gasteiger partial charge in [-0.2, -0.15) is 0 Å². The van der Waals surface area contributed by atoms with Gasteiger partial charge in [-0.3, -0.25) is 4.79 Å². The van der Waals surface area contributed by atoms with Gasteiger partial charge in [0.25, 0.3) is 0 Å². The number of carbonyl (C=O) groups is 2. The predicted molar refractivity (Wildman–Crippen MR) is 102 cm³/mol. The fraction of sp³-hybridized carbons (Fsp3) is 0.810. The minimum atomic E-state index is -1.21. The summed E-state index contributed by atoms with van der Waals surface area (Å²) in [7, 11) is 1.51. The molecular formula is C21H38KNO3. The molecule has 0 aliphatic rings. The Morgan fingerprint density at radius 2 is 1.27 bits per heavy atom. The second-order valence-electron chi connectivity index (χ2n) is 6.96. The Morgan fingerprint density at radius 1 is 0.808 bits per heavy atom. The minimum Gasteiger partial charge on any atom is -0.548 e. The third-order valence-electron chi connectivity index (χ3n) is 4.44. The van der Waals surface area contributed by atoms with E-state index in [1.165, 1.54) is 69.7 Å². The zero-order valence-corrected chi connectivity index (χ0v) is 20.6. The Balaban J connectivity index is 0. The number of hydrogen-bond donors (Lipinski definition) is 0. The van der Waals surface area contributed by atoms with Crippen molar-refractivity contribution in [3.8, 4) is 0 Å². The van der Waals surface area contributed by atoms with Crippen molar-refractivity contribution in [1.82, 2.24) is 4.90 Å². The molecule has 0 atom stereocenters. The number of carboxylic acid groups (broad SMARTS) is 1. The molecule has 0 saturated heterocycles. The van der Waals surface area contributed by atoms with Gasteiger partial charge < -0.3 is 14.8 Å². The van der Waals surface area contributed by atoms with Gasteiger partial charge in [-0.05, 0) is 32.1 Å². The van der Waals surface area contributed by atoms with E-state index in [-0.39, 0.29) is 63.8 Å². The molecule has 0 aromatic rings. The first-order valence-corrected chi connectivity index (χ1v) is 10.2. The van der Waals surface area contributed by atoms with Crippen LogP contribution in [0.3, 0.4) is 0 Å². The molecule has 0 rings (SSSR count). The fourth-order valence-corrected chi connectivity index (χ4v) is 2.82. The van der Waals surface area contributed by atoms with Crippen molar-refractivity contribution >= 4 is 11.9 Å². The molecule has 0 aliphatic heterocycles. The molecule has 1 amide bonds. The second-order valence-corrected chi connectivity index (χ2v) is 6.96. The molecule has 0 aromatic heterocycles. The van der Waals surface area contributed by atoms with Crippen molar-refractivity contribution in [2.24, 2.45) is 0 Å². The molecule has 0 fully saturated rings. The first-order valence-electron chi connectivity index (χ1n) is 10.2. The van der Waals surface area contributed by atoms with Gasteiger partial charge >= 0.3 is 51.4 Å². The van der Waals surface area contributed by atoms with E-state index < -0.39 is 5.97 Å². The molecule has 0 bridgehead atoms. The Bertz CT molecular complexity index is 372. The molecule has 4 nitrogen and oxygen atoms in total. The first-order chi connectivity index (χ1) is 12.1. The molecule has 0 heterocycles. The van der Waals surface area contributed by atoms with E-state index in [4.69, 9.17) is 0 Å². The Kier molecular flexibility index (Phi) is 23.7. The summed E-state index contributed by atoms with van der Waals surface area (Å²) in [5, 5.41) is 10.4. The number of carboxylic acids is 1. The van der Waals surface area contributed by atoms with Crippen molar-refractivity contribution in [1.29, 1.82) is 0 Å². The Labute approximate surface area is 203 Å². The standard InChI is InChI=1S/C21H39NO3.K/c1-3-4-5-6-7-8-9-10-11-12-13-14-15-16-17-18-20(23)22(2)19-21(24)25;/h10-11H,3-9,12-19H2,1-2H3,(H,24,25);/q;+1/p-1/b11-10-;. The zero-order valence-electron chi connectivity index (χ0n) is 17.4. The topological polar surface area (TPSA) is 60.4 Å². The first kappa shape index (κ1) is 28.5. The van der Waals surface area contributed by atoms with Crippen LogP contribution in [0.4, 0.5) is 0 Å². The van der Waals surface area contributed by atoms with Crippen LogP contribution in [0.1, 0.15) is 96.8 Å². The summed E-state index contributed by atoms with van der Waals surface area (Å²) in [6.07, 6.45) is 21.0. The van der Waals surface area contributed by atoms with Gasteiger partial charge in [0.15, 0.2) is 0 Å². The number of amides is 1. The molecule has 0 N–H and O–H groups in total. The third kappa shape index (κ3) is 20.6. The van der Waals surface area contributed by atoms with Gasteiger partial charge in [0.2, 0.25) is 5.91 Å². The number of aliphatic carboxylic acids is 1. The van der Waals surface area contributed by atoms with Crippen molar-refractivity contribution < 1.29 is 66.1 Å². The van der Waals surface area contributed by atoms with Gasteiger partial charge in [0, 0.05) is 13.5 Å². The molecule has 0 saturated carbocycles. The van der Waals surface area contributed by atoms with E-state index in [2.05, 4.69) is 19.1 Å². The van der Waals surface area contributed by atoms with Crippen LogP contribution >= 0.6 is 0 Å². The monoisotopic (exact) mass is 391 g/mol. The van der Waals surface area contributed by atoms with Crippen LogP contribution in [0.5, 0.6) is 0 Å². The Hall–Kier alpha value is 0.316. The van der Waals surface area contributed by atoms with Crippen molar-refractivity contribution in [2.45, 2.75) is 96.8 Å². The minimum absolute atomic E-state index is 0. The number of allylic oxidation sites excluding steroid dienone is 2. The third-order valence-corrected chi connectivity index (χ3v) is 4.44. The van der Waals surface area contributed by atoms with Crippen LogP contribution in [-0.4, -0.2) is 30.4 Å². The predicted octanol–water partition coefficient (Wildman–Crippen LogP) is 1.24. The van der Waals surface area contributed by atoms with E-state index in [0.717, 1.165) is 25.7 Å². The van der Waals surface area contributed by atoms with Gasteiger partial charge in [-0.15, -0.1) is 0 Å². The summed E-state index contributed by atoms with van der Waals surface area (Å²) in [6.45, 7) is 1.94. The van der Waals surface area contributed by atoms with Gasteiger partial charge in [-0.25, -0.2) is 0 Å². The number of likely N-dealkylation sites (N-methyl/N-ethyl adjacent to an activating group) is 1. The normalized spacial score (nSPS) is 10.7. The molecule has 0 aliphatic carbocycles. The fourth-order valence-electron chi connectivity index (χ4n) is 2.82. The summed E-state index contributed by atoms with van der Waals surface area (Å²) in [6, 6.07) is 0. The van der Waals surface area contributed by atoms with Crippen LogP contribution in [-0.2, 0) is 9.59 Å². The van der Waals surface area contributed by atoms with Gasteiger partial charge in [-0.1, -0.05) is 70.4 Å². The summed E-state index contributed by atoms with van der Waals surface area (Å²) in [5.74, 6) is -1.32. The largest absolute Gasteiger partial charge is 1.00 e. The number of nitrogens with zero attached hydrogens (tertiary/aromatic N) is 1. The molecule has 26 heavy (non-hydrogen) atoms. The Morgan fingerprint density at radius 3 is 1.77 bits per heavy atom. The maximum Gasteiger partial charge on any atom is 1.00 e. The van der Waals surface area contributed by atoms with E-state index in [1.807, 2.05) is 0 Å². The van der Waals surface area contributed by atoms with E-state index >= 15 is 0 Å². The van der Waals surface area contributed by atoms with Gasteiger partial charge in [0.1, 0.15) is 0 Å². The maximum atomic E-state index is 11.6. The van der Waals surface area contributed by atoms with Crippen molar-refractivity contribution in [3.63, 3.8) is 0 Å². The number of carbonyl (C=O) groups excluding carboxylic acids is 2. The molecule has 0 aromatic carbocycles. The molecule has 5 heteroatoms. The van der Waals surface area contributed by atoms with E-state index in [9.17, 15) is 14.7 Å². The maximum absolute atomic E-state index is 11.6. The SMILES string of the molecule is CCCCCCCC/C=C\CCCCCCCC(=O)N(C)CC(=O)[O-].[K+]. The van der Waals surface area contributed by atoms with Crippen molar-refractivity contribution in [2.75, 3.05) is 13.6 Å². The number of unbranched alkanes of at least 4 members (excludes halogenated alkanes) is 11. The van der Waals surface area contributed by atoms with Gasteiger partial charge in [0.05, 0.1) is 12.5 Å². The smallest absolute Gasteiger partial charge is 0.548 e. The molecule has 0 unspecified atom stereocenters. The van der Waals surface area contributed by atoms with Crippen LogP contribution in [0.2, 0.25) is 0 Å². The van der Waals surface area contributed by atoms with E-state index in [1.54, 1.807) is 0 Å². The zero-order chi connectivity index (χ0) is 18.8. The molecule has 0 spiro atoms. The summed E-state index contributed by atoms with van der Waals surface area (Å²) in [4.78, 5) is 23.3. The molecular weight excluding hydrogens is 353 g/mol. The van der Waals surface area contributed by atoms with Crippen LogP contribution in [0.15, 0.2) is 12.2 Å². The van der Waals surface area contributed by atoms with Crippen molar-refractivity contribution in [3.05, 3.63) is 12.2 Å². The van der Waals surface area contributed by atoms with Crippen LogP contribution < -0.4 is 56.5 Å². The van der Waals surface area contributed by atoms with Crippen LogP contribution in [0.25, 0.3) is 0 Å². The average Bonchev–Trinajstić information content (AvgIpc) is 2.57. The molecule has 0 radical (unpaired) electrons. The number of hydrogen-bond acceptors (Lipinski definition) is 3.